The van der Waals surface area contributed by atoms with Crippen molar-refractivity contribution in [1.82, 2.24) is 20.0 Å². The second-order valence-corrected chi connectivity index (χ2v) is 4.97. The van der Waals surface area contributed by atoms with E-state index in [1.165, 1.54) is 0 Å². The first-order valence-electron chi connectivity index (χ1n) is 6.06. The molecule has 6 heteroatoms. The maximum atomic E-state index is 12.1. The second-order valence-electron chi connectivity index (χ2n) is 4.97. The average Bonchev–Trinajstić information content (AvgIpc) is 2.62. The monoisotopic (exact) mass is 272 g/mol. The van der Waals surface area contributed by atoms with Gasteiger partial charge < -0.3 is 10.2 Å². The molecular formula is C12H21ClN4O. The zero-order valence-corrected chi connectivity index (χ0v) is 11.9. The van der Waals surface area contributed by atoms with Crippen LogP contribution in [0.25, 0.3) is 0 Å². The van der Waals surface area contributed by atoms with Crippen LogP contribution < -0.4 is 5.32 Å². The molecule has 0 spiro atoms. The van der Waals surface area contributed by atoms with Crippen molar-refractivity contribution in [1.29, 1.82) is 0 Å². The van der Waals surface area contributed by atoms with Crippen LogP contribution in [-0.2, 0) is 18.3 Å². The summed E-state index contributed by atoms with van der Waals surface area (Å²) in [5.41, 5.74) is 0.983. The van der Waals surface area contributed by atoms with Crippen LogP contribution in [0.5, 0.6) is 0 Å². The zero-order chi connectivity index (χ0) is 12.4. The maximum Gasteiger partial charge on any atom is 0.227 e. The number of hydrogen-bond acceptors (Lipinski definition) is 3. The number of halogens is 1. The van der Waals surface area contributed by atoms with Crippen molar-refractivity contribution in [3.05, 3.63) is 18.0 Å². The smallest absolute Gasteiger partial charge is 0.227 e. The number of rotatable bonds is 2. The van der Waals surface area contributed by atoms with Gasteiger partial charge in [0.2, 0.25) is 5.91 Å². The molecule has 5 nitrogen and oxygen atoms in total. The third kappa shape index (κ3) is 3.71. The minimum Gasteiger partial charge on any atom is -0.339 e. The van der Waals surface area contributed by atoms with Gasteiger partial charge in [0, 0.05) is 38.4 Å². The molecule has 0 radical (unpaired) electrons. The van der Waals surface area contributed by atoms with Crippen LogP contribution in [0, 0.1) is 0 Å². The number of aromatic nitrogens is 2. The van der Waals surface area contributed by atoms with E-state index in [2.05, 4.69) is 24.3 Å². The molecule has 1 aromatic heterocycles. The molecule has 0 bridgehead atoms. The highest BCUT2D eigenvalue weighted by atomic mass is 35.5. The molecule has 102 valence electrons. The minimum atomic E-state index is 0. The van der Waals surface area contributed by atoms with Crippen molar-refractivity contribution in [2.24, 2.45) is 7.05 Å². The Bertz CT molecular complexity index is 397. The van der Waals surface area contributed by atoms with Gasteiger partial charge in [0.1, 0.15) is 0 Å². The Morgan fingerprint density at radius 1 is 1.44 bits per heavy atom. The van der Waals surface area contributed by atoms with Crippen molar-refractivity contribution in [2.75, 3.05) is 13.1 Å². The van der Waals surface area contributed by atoms with Gasteiger partial charge in [0.05, 0.1) is 12.6 Å². The Labute approximate surface area is 114 Å². The van der Waals surface area contributed by atoms with Crippen LogP contribution in [0.2, 0.25) is 0 Å². The first kappa shape index (κ1) is 15.0. The number of aryl methyl sites for hydroxylation is 1. The van der Waals surface area contributed by atoms with E-state index in [0.717, 1.165) is 18.7 Å². The van der Waals surface area contributed by atoms with Crippen LogP contribution in [-0.4, -0.2) is 45.8 Å². The predicted octanol–water partition coefficient (Wildman–Crippen LogP) is 0.593. The number of nitrogens with one attached hydrogen (secondary N) is 1. The van der Waals surface area contributed by atoms with Gasteiger partial charge in [-0.05, 0) is 19.4 Å². The molecule has 2 rings (SSSR count). The molecule has 1 aromatic rings. The van der Waals surface area contributed by atoms with Crippen LogP contribution in [0.15, 0.2) is 12.4 Å². The van der Waals surface area contributed by atoms with Gasteiger partial charge in [0.25, 0.3) is 0 Å². The van der Waals surface area contributed by atoms with Crippen LogP contribution >= 0.6 is 12.4 Å². The summed E-state index contributed by atoms with van der Waals surface area (Å²) >= 11 is 0. The summed E-state index contributed by atoms with van der Waals surface area (Å²) < 4.78 is 1.73. The van der Waals surface area contributed by atoms with Gasteiger partial charge >= 0.3 is 0 Å². The van der Waals surface area contributed by atoms with E-state index in [-0.39, 0.29) is 18.3 Å². The summed E-state index contributed by atoms with van der Waals surface area (Å²) in [5.74, 6) is 0.193. The fraction of sp³-hybridized carbons (Fsp3) is 0.667. The van der Waals surface area contributed by atoms with Crippen molar-refractivity contribution in [3.8, 4) is 0 Å². The fourth-order valence-electron chi connectivity index (χ4n) is 2.38. The van der Waals surface area contributed by atoms with Gasteiger partial charge in [-0.25, -0.2) is 0 Å². The third-order valence-corrected chi connectivity index (χ3v) is 3.02. The standard InChI is InChI=1S/C12H20N4O.ClH/c1-9-6-16(7-10(2)14-9)12(17)4-11-5-13-15(3)8-11;/h5,8-10,14H,4,6-7H2,1-3H3;1H. The van der Waals surface area contributed by atoms with Crippen molar-refractivity contribution in [2.45, 2.75) is 32.4 Å². The lowest BCUT2D eigenvalue weighted by atomic mass is 10.1. The largest absolute Gasteiger partial charge is 0.339 e. The SMILES string of the molecule is CC1CN(C(=O)Cc2cnn(C)c2)CC(C)N1.Cl. The predicted molar refractivity (Wildman–Crippen MR) is 72.8 cm³/mol. The summed E-state index contributed by atoms with van der Waals surface area (Å²) in [4.78, 5) is 14.1. The molecule has 0 aromatic carbocycles. The summed E-state index contributed by atoms with van der Waals surface area (Å²) in [6.07, 6.45) is 4.10. The number of hydrogen-bond donors (Lipinski definition) is 1. The number of nitrogens with zero attached hydrogens (tertiary/aromatic N) is 3. The molecule has 0 aliphatic carbocycles. The normalized spacial score (nSPS) is 23.6. The highest BCUT2D eigenvalue weighted by molar-refractivity contribution is 5.85. The van der Waals surface area contributed by atoms with Gasteiger partial charge in [-0.1, -0.05) is 0 Å². The van der Waals surface area contributed by atoms with E-state index < -0.39 is 0 Å². The van der Waals surface area contributed by atoms with E-state index >= 15 is 0 Å². The molecule has 1 fully saturated rings. The first-order chi connectivity index (χ1) is 8.04. The second kappa shape index (κ2) is 6.20. The Hall–Kier alpha value is -1.07. The third-order valence-electron chi connectivity index (χ3n) is 3.02. The molecule has 2 unspecified atom stereocenters. The molecule has 1 N–H and O–H groups in total. The number of amides is 1. The lowest BCUT2D eigenvalue weighted by Gasteiger charge is -2.36. The van der Waals surface area contributed by atoms with Crippen LogP contribution in [0.4, 0.5) is 0 Å². The van der Waals surface area contributed by atoms with Crippen molar-refractivity contribution >= 4 is 18.3 Å². The minimum absolute atomic E-state index is 0. The molecule has 2 atom stereocenters. The first-order valence-corrected chi connectivity index (χ1v) is 6.06. The maximum absolute atomic E-state index is 12.1. The highest BCUT2D eigenvalue weighted by Crippen LogP contribution is 2.07. The molecule has 1 aliphatic rings. The Morgan fingerprint density at radius 2 is 2.06 bits per heavy atom. The fourth-order valence-corrected chi connectivity index (χ4v) is 2.38. The molecular weight excluding hydrogens is 252 g/mol. The zero-order valence-electron chi connectivity index (χ0n) is 11.1. The highest BCUT2D eigenvalue weighted by Gasteiger charge is 2.24. The summed E-state index contributed by atoms with van der Waals surface area (Å²) in [6.45, 7) is 5.81. The van der Waals surface area contributed by atoms with E-state index in [1.54, 1.807) is 10.9 Å². The Kier molecular flexibility index (Phi) is 5.16. The van der Waals surface area contributed by atoms with Crippen molar-refractivity contribution in [3.63, 3.8) is 0 Å². The number of carbonyl (C=O) groups is 1. The van der Waals surface area contributed by atoms with E-state index in [1.807, 2.05) is 18.1 Å². The van der Waals surface area contributed by atoms with Crippen LogP contribution in [0.1, 0.15) is 19.4 Å². The molecule has 1 aliphatic heterocycles. The molecule has 0 saturated carbocycles. The summed E-state index contributed by atoms with van der Waals surface area (Å²) in [7, 11) is 1.86. The Balaban J connectivity index is 0.00000162. The van der Waals surface area contributed by atoms with E-state index in [0.29, 0.717) is 18.5 Å². The van der Waals surface area contributed by atoms with Gasteiger partial charge in [-0.2, -0.15) is 5.10 Å². The average molecular weight is 273 g/mol. The topological polar surface area (TPSA) is 50.2 Å². The lowest BCUT2D eigenvalue weighted by molar-refractivity contribution is -0.132. The lowest BCUT2D eigenvalue weighted by Crippen LogP contribution is -2.56. The number of piperazine rings is 1. The van der Waals surface area contributed by atoms with Gasteiger partial charge in [-0.3, -0.25) is 9.48 Å². The molecule has 2 heterocycles. The summed E-state index contributed by atoms with van der Waals surface area (Å²) in [6, 6.07) is 0.744. The van der Waals surface area contributed by atoms with E-state index in [4.69, 9.17) is 0 Å². The molecule has 1 saturated heterocycles. The van der Waals surface area contributed by atoms with E-state index in [9.17, 15) is 4.79 Å². The quantitative estimate of drug-likeness (QED) is 0.858. The van der Waals surface area contributed by atoms with Gasteiger partial charge in [0.15, 0.2) is 0 Å². The molecule has 1 amide bonds. The van der Waals surface area contributed by atoms with Crippen molar-refractivity contribution < 1.29 is 4.79 Å². The Morgan fingerprint density at radius 3 is 2.56 bits per heavy atom. The number of carbonyl (C=O) groups excluding carboxylic acids is 1. The van der Waals surface area contributed by atoms with Gasteiger partial charge in [-0.15, -0.1) is 12.4 Å². The summed E-state index contributed by atoms with van der Waals surface area (Å²) in [5, 5.41) is 7.50. The molecule has 18 heavy (non-hydrogen) atoms. The van der Waals surface area contributed by atoms with Crippen LogP contribution in [0.3, 0.4) is 0 Å².